The number of rotatable bonds is 3. The van der Waals surface area contributed by atoms with Crippen LogP contribution >= 0.6 is 27.3 Å². The first-order chi connectivity index (χ1) is 10.6. The highest BCUT2D eigenvalue weighted by molar-refractivity contribution is 9.11. The van der Waals surface area contributed by atoms with Gasteiger partial charge < -0.3 is 10.6 Å². The fourth-order valence-corrected chi connectivity index (χ4v) is 4.04. The van der Waals surface area contributed by atoms with Gasteiger partial charge in [0.15, 0.2) is 0 Å². The van der Waals surface area contributed by atoms with Crippen molar-refractivity contribution < 1.29 is 9.18 Å². The number of hydrogen-bond acceptors (Lipinski definition) is 3. The molecule has 1 aromatic heterocycles. The Balaban J connectivity index is 1.79. The van der Waals surface area contributed by atoms with Crippen molar-refractivity contribution in [2.45, 2.75) is 25.8 Å². The van der Waals surface area contributed by atoms with E-state index in [0.717, 1.165) is 20.8 Å². The number of carbonyl (C=O) groups excluding carboxylic acids is 1. The zero-order valence-corrected chi connectivity index (χ0v) is 14.5. The molecule has 1 amide bonds. The molecule has 0 fully saturated rings. The Morgan fingerprint density at radius 2 is 2.23 bits per heavy atom. The van der Waals surface area contributed by atoms with Crippen LogP contribution in [0.25, 0.3) is 0 Å². The van der Waals surface area contributed by atoms with Crippen molar-refractivity contribution >= 4 is 38.9 Å². The lowest BCUT2D eigenvalue weighted by atomic mass is 9.99. The van der Waals surface area contributed by atoms with E-state index in [-0.39, 0.29) is 23.3 Å². The minimum absolute atomic E-state index is 0.192. The van der Waals surface area contributed by atoms with Crippen molar-refractivity contribution in [2.24, 2.45) is 0 Å². The Morgan fingerprint density at radius 3 is 2.95 bits per heavy atom. The van der Waals surface area contributed by atoms with Gasteiger partial charge >= 0.3 is 0 Å². The molecule has 1 aliphatic rings. The molecule has 1 aliphatic heterocycles. The van der Waals surface area contributed by atoms with Gasteiger partial charge in [-0.2, -0.15) is 0 Å². The van der Waals surface area contributed by atoms with E-state index in [4.69, 9.17) is 0 Å². The van der Waals surface area contributed by atoms with Gasteiger partial charge in [-0.1, -0.05) is 6.07 Å². The van der Waals surface area contributed by atoms with Gasteiger partial charge in [0.1, 0.15) is 5.82 Å². The smallest absolute Gasteiger partial charge is 0.232 e. The van der Waals surface area contributed by atoms with E-state index < -0.39 is 0 Å². The van der Waals surface area contributed by atoms with Gasteiger partial charge in [0, 0.05) is 11.4 Å². The number of anilines is 1. The van der Waals surface area contributed by atoms with Gasteiger partial charge in [-0.05, 0) is 65.1 Å². The molecule has 3 nitrogen and oxygen atoms in total. The van der Waals surface area contributed by atoms with Crippen LogP contribution in [0.3, 0.4) is 0 Å². The molecule has 1 unspecified atom stereocenters. The number of carbonyl (C=O) groups is 1. The molecule has 116 valence electrons. The van der Waals surface area contributed by atoms with Crippen LogP contribution in [0.4, 0.5) is 10.1 Å². The van der Waals surface area contributed by atoms with E-state index in [1.54, 1.807) is 6.07 Å². The van der Waals surface area contributed by atoms with Gasteiger partial charge in [-0.15, -0.1) is 11.3 Å². The minimum Gasteiger partial charge on any atom is -0.323 e. The van der Waals surface area contributed by atoms with Crippen LogP contribution < -0.4 is 10.6 Å². The van der Waals surface area contributed by atoms with Crippen LogP contribution in [0.15, 0.2) is 28.1 Å². The molecule has 1 atom stereocenters. The zero-order valence-electron chi connectivity index (χ0n) is 12.1. The van der Waals surface area contributed by atoms with Crippen LogP contribution in [0.1, 0.15) is 28.8 Å². The van der Waals surface area contributed by atoms with Crippen molar-refractivity contribution in [1.82, 2.24) is 5.32 Å². The Bertz CT molecular complexity index is 716. The molecular weight excluding hydrogens is 367 g/mol. The average Bonchev–Trinajstić information content (AvgIpc) is 2.96. The van der Waals surface area contributed by atoms with Crippen LogP contribution in [0.5, 0.6) is 0 Å². The fourth-order valence-electron chi connectivity index (χ4n) is 2.56. The Labute approximate surface area is 141 Å². The van der Waals surface area contributed by atoms with Gasteiger partial charge in [0.2, 0.25) is 5.91 Å². The molecule has 0 saturated carbocycles. The summed E-state index contributed by atoms with van der Waals surface area (Å²) >= 11 is 4.91. The maximum Gasteiger partial charge on any atom is 0.232 e. The highest BCUT2D eigenvalue weighted by Gasteiger charge is 2.21. The molecule has 2 N–H and O–H groups in total. The molecule has 2 aromatic rings. The molecular formula is C16H16BrFN2OS. The minimum atomic E-state index is -0.312. The highest BCUT2D eigenvalue weighted by Crippen LogP contribution is 2.30. The van der Waals surface area contributed by atoms with Gasteiger partial charge in [0.05, 0.1) is 15.4 Å². The molecule has 2 heterocycles. The van der Waals surface area contributed by atoms with Gasteiger partial charge in [-0.25, -0.2) is 4.39 Å². The first-order valence-corrected chi connectivity index (χ1v) is 8.74. The summed E-state index contributed by atoms with van der Waals surface area (Å²) in [6.45, 7) is 3.27. The number of thiophene rings is 1. The second-order valence-corrected chi connectivity index (χ2v) is 7.84. The third kappa shape index (κ3) is 3.09. The number of benzene rings is 1. The summed E-state index contributed by atoms with van der Waals surface area (Å²) in [7, 11) is 0. The summed E-state index contributed by atoms with van der Waals surface area (Å²) < 4.78 is 15.5. The van der Waals surface area contributed by atoms with E-state index in [1.807, 2.05) is 25.1 Å². The summed E-state index contributed by atoms with van der Waals surface area (Å²) in [4.78, 5) is 13.3. The molecule has 3 rings (SSSR count). The van der Waals surface area contributed by atoms with Crippen LogP contribution in [0.2, 0.25) is 0 Å². The van der Waals surface area contributed by atoms with Crippen molar-refractivity contribution in [3.63, 3.8) is 0 Å². The monoisotopic (exact) mass is 382 g/mol. The zero-order chi connectivity index (χ0) is 15.7. The van der Waals surface area contributed by atoms with Crippen molar-refractivity contribution in [3.05, 3.63) is 49.9 Å². The second kappa shape index (κ2) is 6.48. The second-order valence-electron chi connectivity index (χ2n) is 5.34. The summed E-state index contributed by atoms with van der Waals surface area (Å²) in [5, 5.41) is 5.94. The molecule has 0 spiro atoms. The van der Waals surface area contributed by atoms with E-state index in [9.17, 15) is 9.18 Å². The average molecular weight is 383 g/mol. The number of amides is 1. The third-order valence-corrected chi connectivity index (χ3v) is 5.69. The van der Waals surface area contributed by atoms with Gasteiger partial charge in [-0.3, -0.25) is 4.79 Å². The fraction of sp³-hybridized carbons (Fsp3) is 0.312. The summed E-state index contributed by atoms with van der Waals surface area (Å²) in [5.41, 5.74) is 1.95. The molecule has 6 heteroatoms. The summed E-state index contributed by atoms with van der Waals surface area (Å²) in [5.74, 6) is -0.803. The van der Waals surface area contributed by atoms with Crippen molar-refractivity contribution in [3.8, 4) is 0 Å². The van der Waals surface area contributed by atoms with E-state index in [1.165, 1.54) is 11.3 Å². The largest absolute Gasteiger partial charge is 0.323 e. The van der Waals surface area contributed by atoms with Crippen molar-refractivity contribution in [2.75, 3.05) is 11.9 Å². The molecule has 0 aliphatic carbocycles. The normalized spacial score (nSPS) is 15.2. The topological polar surface area (TPSA) is 41.1 Å². The van der Waals surface area contributed by atoms with Crippen molar-refractivity contribution in [1.29, 1.82) is 0 Å². The molecule has 22 heavy (non-hydrogen) atoms. The Hall–Kier alpha value is -1.24. The maximum absolute atomic E-state index is 14.5. The highest BCUT2D eigenvalue weighted by atomic mass is 79.9. The lowest BCUT2D eigenvalue weighted by Gasteiger charge is -2.20. The number of halogens is 2. The van der Waals surface area contributed by atoms with Gasteiger partial charge in [0.25, 0.3) is 0 Å². The van der Waals surface area contributed by atoms with E-state index in [2.05, 4.69) is 26.6 Å². The van der Waals surface area contributed by atoms with E-state index >= 15 is 0 Å². The molecule has 0 bridgehead atoms. The first kappa shape index (κ1) is 15.6. The predicted molar refractivity (Wildman–Crippen MR) is 90.9 cm³/mol. The number of fused-ring (bicyclic) bond motifs is 1. The number of nitrogens with one attached hydrogen (secondary N) is 2. The van der Waals surface area contributed by atoms with Crippen LogP contribution in [0, 0.1) is 5.82 Å². The maximum atomic E-state index is 14.5. The molecule has 0 radical (unpaired) electrons. The lowest BCUT2D eigenvalue weighted by molar-refractivity contribution is -0.117. The first-order valence-electron chi connectivity index (χ1n) is 7.13. The summed E-state index contributed by atoms with van der Waals surface area (Å²) in [6.07, 6.45) is 0.651. The number of hydrogen-bond donors (Lipinski definition) is 2. The molecule has 1 aromatic carbocycles. The molecule has 0 saturated heterocycles. The standard InChI is InChI=1S/C16H16BrFN2OS/c1-9(13-4-5-14(17)22-13)16(21)20-12-3-2-10-8-19-7-6-11(10)15(12)18/h2-5,9,19H,6-8H2,1H3,(H,20,21). The van der Waals surface area contributed by atoms with Crippen LogP contribution in [-0.2, 0) is 17.8 Å². The van der Waals surface area contributed by atoms with E-state index in [0.29, 0.717) is 18.5 Å². The summed E-state index contributed by atoms with van der Waals surface area (Å²) in [6, 6.07) is 7.35. The Morgan fingerprint density at radius 1 is 1.41 bits per heavy atom. The lowest BCUT2D eigenvalue weighted by Crippen LogP contribution is -2.25. The van der Waals surface area contributed by atoms with Crippen LogP contribution in [-0.4, -0.2) is 12.5 Å². The predicted octanol–water partition coefficient (Wildman–Crippen LogP) is 4.04. The quantitative estimate of drug-likeness (QED) is 0.840. The Kier molecular flexibility index (Phi) is 4.61. The third-order valence-electron chi connectivity index (χ3n) is 3.88. The SMILES string of the molecule is CC(C(=O)Nc1ccc2c(c1F)CCNC2)c1ccc(Br)s1.